The Hall–Kier alpha value is -5.64. The van der Waals surface area contributed by atoms with Gasteiger partial charge in [-0.2, -0.15) is 52.7 Å². The van der Waals surface area contributed by atoms with Crippen LogP contribution in [0.25, 0.3) is 0 Å². The molecule has 2 N–H and O–H groups in total. The minimum absolute atomic E-state index is 0.0324. The van der Waals surface area contributed by atoms with Gasteiger partial charge in [0, 0.05) is 40.3 Å². The van der Waals surface area contributed by atoms with E-state index in [0.29, 0.717) is 46.5 Å². The van der Waals surface area contributed by atoms with Gasteiger partial charge >= 0.3 is 36.8 Å². The molecule has 4 aromatic rings. The lowest BCUT2D eigenvalue weighted by molar-refractivity contribution is -0.144. The van der Waals surface area contributed by atoms with Gasteiger partial charge in [-0.05, 0) is 134 Å². The summed E-state index contributed by atoms with van der Waals surface area (Å²) in [6.07, 6.45) is -20.6. The van der Waals surface area contributed by atoms with Crippen LogP contribution >= 0.6 is 0 Å². The molecule has 0 spiro atoms. The first-order valence-corrected chi connectivity index (χ1v) is 20.8. The molecule has 0 bridgehead atoms. The van der Waals surface area contributed by atoms with E-state index in [1.807, 2.05) is 0 Å². The number of urea groups is 2. The largest absolute Gasteiger partial charge is 0.416 e. The van der Waals surface area contributed by atoms with Crippen LogP contribution in [0, 0.1) is 25.5 Å². The SMILES string of the molecule is Cc1cc(F)ccc1[C@@H]1C[C@H](O)CCN1C(=O)N(C)Cc1cc(C(F)(F)F)cc(C(F)(F)F)c1.Cc1cc(F)ccc1[C@H]1C[C@@H](O)CCN1C(=O)N(C)Cc1cc(C(F)(F)F)cc(C(F)(F)F)c1. The molecule has 0 aliphatic carbocycles. The third-order valence-electron chi connectivity index (χ3n) is 11.6. The number of carbonyl (C=O) groups is 2. The zero-order chi connectivity index (χ0) is 50.8. The number of hydrogen-bond donors (Lipinski definition) is 2. The van der Waals surface area contributed by atoms with Gasteiger partial charge in [0.15, 0.2) is 0 Å². The van der Waals surface area contributed by atoms with Crippen LogP contribution in [0.15, 0.2) is 72.8 Å². The normalized spacial score (nSPS) is 19.3. The number of aliphatic hydroxyl groups excluding tert-OH is 2. The van der Waals surface area contributed by atoms with Crippen LogP contribution in [0.3, 0.4) is 0 Å². The lowest BCUT2D eigenvalue weighted by atomic mass is 9.91. The predicted molar refractivity (Wildman–Crippen MR) is 218 cm³/mol. The number of amides is 4. The fraction of sp³-hybridized carbons (Fsp3) is 0.435. The molecule has 4 aromatic carbocycles. The Kier molecular flexibility index (Phi) is 16.1. The van der Waals surface area contributed by atoms with E-state index in [2.05, 4.69) is 0 Å². The molecule has 22 heteroatoms. The van der Waals surface area contributed by atoms with Crippen molar-refractivity contribution in [2.75, 3.05) is 27.2 Å². The van der Waals surface area contributed by atoms with E-state index < -0.39 is 108 Å². The van der Waals surface area contributed by atoms with Gasteiger partial charge in [0.25, 0.3) is 0 Å². The molecule has 0 aromatic heterocycles. The number of alkyl halides is 12. The third-order valence-corrected chi connectivity index (χ3v) is 11.6. The van der Waals surface area contributed by atoms with Crippen LogP contribution in [0.2, 0.25) is 0 Å². The van der Waals surface area contributed by atoms with E-state index in [-0.39, 0.29) is 62.0 Å². The van der Waals surface area contributed by atoms with Gasteiger partial charge < -0.3 is 29.8 Å². The molecule has 2 saturated heterocycles. The number of nitrogens with zero attached hydrogens (tertiary/aromatic N) is 4. The number of likely N-dealkylation sites (tertiary alicyclic amines) is 2. The first kappa shape index (κ1) is 53.3. The fourth-order valence-electron chi connectivity index (χ4n) is 8.31. The summed E-state index contributed by atoms with van der Waals surface area (Å²) in [5, 5.41) is 20.3. The van der Waals surface area contributed by atoms with Gasteiger partial charge in [0.1, 0.15) is 11.6 Å². The van der Waals surface area contributed by atoms with Crippen molar-refractivity contribution in [3.8, 4) is 0 Å². The van der Waals surface area contributed by atoms with E-state index in [0.717, 1.165) is 9.80 Å². The highest BCUT2D eigenvalue weighted by Gasteiger charge is 2.40. The van der Waals surface area contributed by atoms with E-state index in [4.69, 9.17) is 0 Å². The summed E-state index contributed by atoms with van der Waals surface area (Å²) in [7, 11) is 2.55. The van der Waals surface area contributed by atoms with Crippen molar-refractivity contribution in [2.24, 2.45) is 0 Å². The summed E-state index contributed by atoms with van der Waals surface area (Å²) in [5.74, 6) is -0.949. The number of piperidine rings is 2. The summed E-state index contributed by atoms with van der Waals surface area (Å²) in [6.45, 7) is 2.52. The lowest BCUT2D eigenvalue weighted by Crippen LogP contribution is -2.47. The molecule has 6 rings (SSSR count). The van der Waals surface area contributed by atoms with Gasteiger partial charge in [-0.1, -0.05) is 12.1 Å². The highest BCUT2D eigenvalue weighted by Crippen LogP contribution is 2.40. The maximum Gasteiger partial charge on any atom is 0.416 e. The lowest BCUT2D eigenvalue weighted by Gasteiger charge is -2.40. The molecule has 68 heavy (non-hydrogen) atoms. The fourth-order valence-corrected chi connectivity index (χ4v) is 8.31. The van der Waals surface area contributed by atoms with E-state index in [9.17, 15) is 81.3 Å². The molecule has 2 fully saturated rings. The van der Waals surface area contributed by atoms with Gasteiger partial charge in [-0.25, -0.2) is 18.4 Å². The van der Waals surface area contributed by atoms with Gasteiger partial charge in [-0.15, -0.1) is 0 Å². The maximum atomic E-state index is 13.6. The zero-order valence-corrected chi connectivity index (χ0v) is 36.7. The number of carbonyl (C=O) groups excluding carboxylic acids is 2. The molecule has 2 heterocycles. The summed E-state index contributed by atoms with van der Waals surface area (Å²) in [5.41, 5.74) is -4.20. The van der Waals surface area contributed by atoms with Crippen molar-refractivity contribution in [1.29, 1.82) is 0 Å². The predicted octanol–water partition coefficient (Wildman–Crippen LogP) is 11.8. The van der Waals surface area contributed by atoms with Crippen LogP contribution in [-0.4, -0.2) is 81.3 Å². The quantitative estimate of drug-likeness (QED) is 0.188. The van der Waals surface area contributed by atoms with Gasteiger partial charge in [0.2, 0.25) is 0 Å². The second-order valence-electron chi connectivity index (χ2n) is 16.9. The summed E-state index contributed by atoms with van der Waals surface area (Å²) < 4.78 is 185. The van der Waals surface area contributed by atoms with Crippen molar-refractivity contribution in [3.63, 3.8) is 0 Å². The van der Waals surface area contributed by atoms with Crippen molar-refractivity contribution in [2.45, 2.75) is 102 Å². The number of benzene rings is 4. The highest BCUT2D eigenvalue weighted by atomic mass is 19.4. The van der Waals surface area contributed by atoms with Crippen LogP contribution in [0.5, 0.6) is 0 Å². The Morgan fingerprint density at radius 2 is 0.824 bits per heavy atom. The molecular weight excluding hydrogens is 939 g/mol. The Bertz CT molecular complexity index is 2210. The molecule has 8 nitrogen and oxygen atoms in total. The minimum Gasteiger partial charge on any atom is -0.393 e. The van der Waals surface area contributed by atoms with E-state index in [1.165, 1.54) is 60.3 Å². The van der Waals surface area contributed by atoms with Crippen LogP contribution in [-0.2, 0) is 37.8 Å². The maximum absolute atomic E-state index is 13.6. The Morgan fingerprint density at radius 3 is 1.09 bits per heavy atom. The monoisotopic (exact) mass is 984 g/mol. The standard InChI is InChI=1S/2C23H23F7N2O2/c2*1-13-7-17(24)3-4-19(13)20-11-18(33)5-6-32(20)21(34)31(2)12-14-8-15(22(25,26)27)10-16(9-14)23(28,29)30/h2*3-4,7-10,18,20,33H,5-6,11-12H2,1-2H3/t2*18-,20+/m10/s1. The average molecular weight is 985 g/mol. The molecule has 4 atom stereocenters. The number of aliphatic hydroxyl groups is 2. The first-order chi connectivity index (χ1) is 31.3. The van der Waals surface area contributed by atoms with Gasteiger partial charge in [-0.3, -0.25) is 0 Å². The number of rotatable bonds is 6. The number of aryl methyl sites for hydroxylation is 2. The smallest absolute Gasteiger partial charge is 0.393 e. The minimum atomic E-state index is -4.99. The summed E-state index contributed by atoms with van der Waals surface area (Å²) in [4.78, 5) is 31.2. The van der Waals surface area contributed by atoms with E-state index in [1.54, 1.807) is 13.8 Å². The van der Waals surface area contributed by atoms with Crippen LogP contribution < -0.4 is 0 Å². The highest BCUT2D eigenvalue weighted by molar-refractivity contribution is 5.76. The number of halogens is 14. The van der Waals surface area contributed by atoms with Crippen molar-refractivity contribution >= 4 is 12.1 Å². The van der Waals surface area contributed by atoms with E-state index >= 15 is 0 Å². The first-order valence-electron chi connectivity index (χ1n) is 20.8. The molecule has 0 saturated carbocycles. The molecule has 2 aliphatic heterocycles. The third kappa shape index (κ3) is 13.3. The molecule has 2 aliphatic rings. The van der Waals surface area contributed by atoms with Crippen LogP contribution in [0.1, 0.15) is 93.4 Å². The zero-order valence-electron chi connectivity index (χ0n) is 36.7. The summed E-state index contributed by atoms with van der Waals surface area (Å²) >= 11 is 0. The Morgan fingerprint density at radius 1 is 0.529 bits per heavy atom. The second-order valence-corrected chi connectivity index (χ2v) is 16.9. The molecule has 372 valence electrons. The van der Waals surface area contributed by atoms with Crippen molar-refractivity contribution in [1.82, 2.24) is 19.6 Å². The van der Waals surface area contributed by atoms with Crippen molar-refractivity contribution in [3.05, 3.63) is 140 Å². The molecular formula is C46H46F14N4O4. The summed E-state index contributed by atoms with van der Waals surface area (Å²) in [6, 6.07) is 7.86. The Balaban J connectivity index is 0.000000254. The molecule has 0 unspecified atom stereocenters. The Labute approximate surface area is 381 Å². The van der Waals surface area contributed by atoms with Crippen LogP contribution in [0.4, 0.5) is 71.1 Å². The topological polar surface area (TPSA) is 87.6 Å². The van der Waals surface area contributed by atoms with Crippen molar-refractivity contribution < 1.29 is 81.3 Å². The average Bonchev–Trinajstić information content (AvgIpc) is 3.22. The molecule has 0 radical (unpaired) electrons. The van der Waals surface area contributed by atoms with Gasteiger partial charge in [0.05, 0.1) is 46.5 Å². The molecule has 4 amide bonds. The number of hydrogen-bond acceptors (Lipinski definition) is 4. The second kappa shape index (κ2) is 20.5.